The van der Waals surface area contributed by atoms with Gasteiger partial charge in [0.15, 0.2) is 0 Å². The molecule has 2 saturated heterocycles. The molecule has 0 spiro atoms. The monoisotopic (exact) mass is 287 g/mol. The number of carbonyl (C=O) groups is 1. The Labute approximate surface area is 127 Å². The number of hydrogen-bond donors (Lipinski definition) is 0. The van der Waals surface area contributed by atoms with Gasteiger partial charge in [0.05, 0.1) is 12.5 Å². The van der Waals surface area contributed by atoms with Gasteiger partial charge in [-0.25, -0.2) is 0 Å². The summed E-state index contributed by atoms with van der Waals surface area (Å²) in [5.74, 6) is 0.467. The van der Waals surface area contributed by atoms with Crippen molar-refractivity contribution in [2.75, 3.05) is 19.8 Å². The van der Waals surface area contributed by atoms with E-state index in [-0.39, 0.29) is 5.92 Å². The van der Waals surface area contributed by atoms with Crippen molar-refractivity contribution >= 4 is 5.91 Å². The van der Waals surface area contributed by atoms with E-state index in [1.165, 1.54) is 18.4 Å². The lowest BCUT2D eigenvalue weighted by Gasteiger charge is -2.27. The summed E-state index contributed by atoms with van der Waals surface area (Å²) in [4.78, 5) is 14.7. The first-order chi connectivity index (χ1) is 10.3. The van der Waals surface area contributed by atoms with Crippen molar-refractivity contribution in [3.05, 3.63) is 35.9 Å². The largest absolute Gasteiger partial charge is 0.381 e. The van der Waals surface area contributed by atoms with Crippen LogP contribution in [0.1, 0.15) is 37.7 Å². The molecule has 1 aromatic rings. The van der Waals surface area contributed by atoms with Crippen molar-refractivity contribution < 1.29 is 9.53 Å². The van der Waals surface area contributed by atoms with Crippen molar-refractivity contribution in [1.29, 1.82) is 0 Å². The molecule has 2 heterocycles. The number of amides is 1. The number of ether oxygens (including phenoxy) is 1. The van der Waals surface area contributed by atoms with Gasteiger partial charge in [-0.05, 0) is 44.1 Å². The predicted molar refractivity (Wildman–Crippen MR) is 83.0 cm³/mol. The van der Waals surface area contributed by atoms with Gasteiger partial charge >= 0.3 is 0 Å². The molecule has 0 radical (unpaired) electrons. The van der Waals surface area contributed by atoms with Crippen LogP contribution in [-0.2, 0) is 16.0 Å². The van der Waals surface area contributed by atoms with Crippen molar-refractivity contribution in [2.45, 2.75) is 44.6 Å². The lowest BCUT2D eigenvalue weighted by Crippen LogP contribution is -2.39. The Morgan fingerprint density at radius 2 is 2.10 bits per heavy atom. The third-order valence-corrected chi connectivity index (χ3v) is 4.78. The maximum absolute atomic E-state index is 12.5. The SMILES string of the molecule is O=C([C@H]1CCOC1)N1CCC[C@@H]1CCCc1ccccc1. The third-order valence-electron chi connectivity index (χ3n) is 4.78. The molecule has 21 heavy (non-hydrogen) atoms. The lowest BCUT2D eigenvalue weighted by atomic mass is 10.0. The van der Waals surface area contributed by atoms with E-state index in [0.29, 0.717) is 18.6 Å². The van der Waals surface area contributed by atoms with E-state index in [0.717, 1.165) is 38.8 Å². The number of benzene rings is 1. The van der Waals surface area contributed by atoms with Crippen LogP contribution in [-0.4, -0.2) is 36.6 Å². The van der Waals surface area contributed by atoms with Crippen LogP contribution in [0, 0.1) is 5.92 Å². The number of hydrogen-bond acceptors (Lipinski definition) is 2. The summed E-state index contributed by atoms with van der Waals surface area (Å²) in [5.41, 5.74) is 1.40. The van der Waals surface area contributed by atoms with Crippen LogP contribution in [0.4, 0.5) is 0 Å². The zero-order chi connectivity index (χ0) is 14.5. The van der Waals surface area contributed by atoms with Crippen molar-refractivity contribution in [3.63, 3.8) is 0 Å². The van der Waals surface area contributed by atoms with E-state index >= 15 is 0 Å². The zero-order valence-corrected chi connectivity index (χ0v) is 12.7. The average molecular weight is 287 g/mol. The summed E-state index contributed by atoms with van der Waals surface area (Å²) >= 11 is 0. The van der Waals surface area contributed by atoms with E-state index < -0.39 is 0 Å². The normalized spacial score (nSPS) is 25.4. The number of nitrogens with zero attached hydrogens (tertiary/aromatic N) is 1. The molecule has 1 aromatic carbocycles. The highest BCUT2D eigenvalue weighted by Crippen LogP contribution is 2.26. The Kier molecular flexibility index (Phi) is 4.91. The molecule has 0 aliphatic carbocycles. The summed E-state index contributed by atoms with van der Waals surface area (Å²) < 4.78 is 5.36. The Morgan fingerprint density at radius 1 is 1.24 bits per heavy atom. The number of rotatable bonds is 5. The highest BCUT2D eigenvalue weighted by Gasteiger charge is 2.34. The van der Waals surface area contributed by atoms with Crippen LogP contribution >= 0.6 is 0 Å². The molecule has 2 aliphatic rings. The molecule has 2 fully saturated rings. The maximum atomic E-state index is 12.5. The Morgan fingerprint density at radius 3 is 2.86 bits per heavy atom. The zero-order valence-electron chi connectivity index (χ0n) is 12.7. The number of carbonyl (C=O) groups excluding carboxylic acids is 1. The van der Waals surface area contributed by atoms with Crippen molar-refractivity contribution in [1.82, 2.24) is 4.90 Å². The van der Waals surface area contributed by atoms with Crippen LogP contribution in [0.2, 0.25) is 0 Å². The third kappa shape index (κ3) is 3.65. The van der Waals surface area contributed by atoms with Crippen LogP contribution < -0.4 is 0 Å². The molecular formula is C18H25NO2. The fourth-order valence-corrected chi connectivity index (χ4v) is 3.58. The van der Waals surface area contributed by atoms with Gasteiger partial charge in [-0.1, -0.05) is 30.3 Å². The molecular weight excluding hydrogens is 262 g/mol. The second kappa shape index (κ2) is 7.08. The van der Waals surface area contributed by atoms with Gasteiger partial charge in [0.2, 0.25) is 5.91 Å². The van der Waals surface area contributed by atoms with Gasteiger partial charge in [0, 0.05) is 19.2 Å². The highest BCUT2D eigenvalue weighted by molar-refractivity contribution is 5.79. The Balaban J connectivity index is 1.49. The molecule has 0 N–H and O–H groups in total. The van der Waals surface area contributed by atoms with Crippen LogP contribution in [0.25, 0.3) is 0 Å². The number of likely N-dealkylation sites (tertiary alicyclic amines) is 1. The Hall–Kier alpha value is -1.35. The molecule has 0 unspecified atom stereocenters. The molecule has 3 rings (SSSR count). The van der Waals surface area contributed by atoms with E-state index in [1.807, 2.05) is 0 Å². The summed E-state index contributed by atoms with van der Waals surface area (Å²) in [5, 5.41) is 0. The number of aryl methyl sites for hydroxylation is 1. The van der Waals surface area contributed by atoms with Gasteiger partial charge in [0.1, 0.15) is 0 Å². The minimum absolute atomic E-state index is 0.125. The molecule has 114 valence electrons. The first-order valence-electron chi connectivity index (χ1n) is 8.27. The summed E-state index contributed by atoms with van der Waals surface area (Å²) in [7, 11) is 0. The minimum Gasteiger partial charge on any atom is -0.381 e. The predicted octanol–water partition coefficient (Wildman–Crippen LogP) is 3.04. The topological polar surface area (TPSA) is 29.5 Å². The highest BCUT2D eigenvalue weighted by atomic mass is 16.5. The molecule has 2 aliphatic heterocycles. The summed E-state index contributed by atoms with van der Waals surface area (Å²) in [6.45, 7) is 2.33. The van der Waals surface area contributed by atoms with Crippen LogP contribution in [0.15, 0.2) is 30.3 Å². The molecule has 0 aromatic heterocycles. The molecule has 1 amide bonds. The molecule has 3 nitrogen and oxygen atoms in total. The summed E-state index contributed by atoms with van der Waals surface area (Å²) in [6.07, 6.45) is 6.66. The molecule has 2 atom stereocenters. The van der Waals surface area contributed by atoms with E-state index in [2.05, 4.69) is 35.2 Å². The summed E-state index contributed by atoms with van der Waals surface area (Å²) in [6, 6.07) is 11.1. The second-order valence-electron chi connectivity index (χ2n) is 6.27. The van der Waals surface area contributed by atoms with Gasteiger partial charge in [-0.15, -0.1) is 0 Å². The minimum atomic E-state index is 0.125. The standard InChI is InChI=1S/C18H25NO2/c20-18(16-11-13-21-14-16)19-12-5-10-17(19)9-4-8-15-6-2-1-3-7-15/h1-3,6-7,16-17H,4-5,8-14H2/t16-,17-/m0/s1. The van der Waals surface area contributed by atoms with Gasteiger partial charge in [-0.2, -0.15) is 0 Å². The van der Waals surface area contributed by atoms with E-state index in [4.69, 9.17) is 4.74 Å². The molecule has 0 saturated carbocycles. The van der Waals surface area contributed by atoms with Crippen LogP contribution in [0.3, 0.4) is 0 Å². The Bertz CT molecular complexity index is 454. The lowest BCUT2D eigenvalue weighted by molar-refractivity contribution is -0.136. The smallest absolute Gasteiger partial charge is 0.228 e. The van der Waals surface area contributed by atoms with Crippen LogP contribution in [0.5, 0.6) is 0 Å². The molecule has 3 heteroatoms. The maximum Gasteiger partial charge on any atom is 0.228 e. The van der Waals surface area contributed by atoms with Gasteiger partial charge in [0.25, 0.3) is 0 Å². The van der Waals surface area contributed by atoms with Crippen molar-refractivity contribution in [3.8, 4) is 0 Å². The quantitative estimate of drug-likeness (QED) is 0.833. The van der Waals surface area contributed by atoms with Gasteiger partial charge in [-0.3, -0.25) is 4.79 Å². The first kappa shape index (κ1) is 14.6. The fraction of sp³-hybridized carbons (Fsp3) is 0.611. The second-order valence-corrected chi connectivity index (χ2v) is 6.27. The van der Waals surface area contributed by atoms with Crippen molar-refractivity contribution in [2.24, 2.45) is 5.92 Å². The average Bonchev–Trinajstić information content (AvgIpc) is 3.19. The van der Waals surface area contributed by atoms with Gasteiger partial charge < -0.3 is 9.64 Å². The first-order valence-corrected chi connectivity index (χ1v) is 8.27. The van der Waals surface area contributed by atoms with E-state index in [9.17, 15) is 4.79 Å². The van der Waals surface area contributed by atoms with E-state index in [1.54, 1.807) is 0 Å². The fourth-order valence-electron chi connectivity index (χ4n) is 3.58. The molecule has 0 bridgehead atoms.